The van der Waals surface area contributed by atoms with Crippen molar-refractivity contribution in [3.8, 4) is 0 Å². The molecule has 2 rings (SSSR count). The molecule has 0 spiro atoms. The van der Waals surface area contributed by atoms with Crippen LogP contribution < -0.4 is 5.32 Å². The highest BCUT2D eigenvalue weighted by Gasteiger charge is 2.23. The minimum Gasteiger partial charge on any atom is -0.363 e. The summed E-state index contributed by atoms with van der Waals surface area (Å²) in [7, 11) is 0. The van der Waals surface area contributed by atoms with E-state index in [4.69, 9.17) is 4.74 Å². The summed E-state index contributed by atoms with van der Waals surface area (Å²) in [5.74, 6) is -0.257. The van der Waals surface area contributed by atoms with Crippen LogP contribution in [-0.4, -0.2) is 18.3 Å². The number of ether oxygens (including phenoxy) is 1. The van der Waals surface area contributed by atoms with Gasteiger partial charge in [-0.15, -0.1) is 0 Å². The highest BCUT2D eigenvalue weighted by Crippen LogP contribution is 2.21. The highest BCUT2D eigenvalue weighted by molar-refractivity contribution is 5.96. The quantitative estimate of drug-likeness (QED) is 0.736. The van der Waals surface area contributed by atoms with Crippen LogP contribution in [0.4, 0.5) is 5.69 Å². The summed E-state index contributed by atoms with van der Waals surface area (Å²) in [6, 6.07) is 7.44. The van der Waals surface area contributed by atoms with Crippen LogP contribution in [0.3, 0.4) is 0 Å². The molecule has 15 heavy (non-hydrogen) atoms. The second-order valence-electron chi connectivity index (χ2n) is 3.35. The van der Waals surface area contributed by atoms with E-state index in [1.54, 1.807) is 0 Å². The first-order chi connectivity index (χ1) is 7.31. The molecule has 1 N–H and O–H groups in total. The van der Waals surface area contributed by atoms with E-state index in [9.17, 15) is 9.59 Å². The van der Waals surface area contributed by atoms with Gasteiger partial charge in [0.25, 0.3) is 5.91 Å². The predicted molar refractivity (Wildman–Crippen MR) is 54.3 cm³/mol. The molecule has 0 aromatic heterocycles. The number of hydrogen-bond acceptors (Lipinski definition) is 3. The van der Waals surface area contributed by atoms with Gasteiger partial charge in [-0.2, -0.15) is 0 Å². The zero-order valence-electron chi connectivity index (χ0n) is 8.10. The summed E-state index contributed by atoms with van der Waals surface area (Å²) in [6.07, 6.45) is 0.120. The van der Waals surface area contributed by atoms with E-state index in [1.165, 1.54) is 0 Å². The zero-order valence-corrected chi connectivity index (χ0v) is 8.10. The number of amides is 1. The average molecular weight is 205 g/mol. The van der Waals surface area contributed by atoms with Crippen molar-refractivity contribution >= 4 is 17.9 Å². The Hall–Kier alpha value is -1.68. The van der Waals surface area contributed by atoms with Crippen molar-refractivity contribution in [3.63, 3.8) is 0 Å². The third-order valence-electron chi connectivity index (χ3n) is 2.32. The number of carbonyl (C=O) groups is 2. The molecule has 0 saturated carbocycles. The summed E-state index contributed by atoms with van der Waals surface area (Å²) >= 11 is 0. The molecule has 1 atom stereocenters. The summed E-state index contributed by atoms with van der Waals surface area (Å²) in [6.45, 7) is 0.355. The number of fused-ring (bicyclic) bond motifs is 1. The van der Waals surface area contributed by atoms with Gasteiger partial charge in [0, 0.05) is 17.7 Å². The Morgan fingerprint density at radius 3 is 3.07 bits per heavy atom. The largest absolute Gasteiger partial charge is 0.363 e. The van der Waals surface area contributed by atoms with Crippen molar-refractivity contribution < 1.29 is 14.3 Å². The Labute approximate surface area is 87.2 Å². The number of carbonyl (C=O) groups excluding carboxylic acids is 2. The topological polar surface area (TPSA) is 55.4 Å². The lowest BCUT2D eigenvalue weighted by Gasteiger charge is -2.09. The Morgan fingerprint density at radius 2 is 2.27 bits per heavy atom. The molecule has 1 aliphatic heterocycles. The maximum Gasteiger partial charge on any atom is 0.253 e. The first-order valence-electron chi connectivity index (χ1n) is 4.75. The highest BCUT2D eigenvalue weighted by atomic mass is 16.5. The van der Waals surface area contributed by atoms with E-state index < -0.39 is 6.10 Å². The molecule has 0 bridgehead atoms. The zero-order chi connectivity index (χ0) is 10.7. The van der Waals surface area contributed by atoms with E-state index in [0.717, 1.165) is 11.3 Å². The van der Waals surface area contributed by atoms with Gasteiger partial charge in [-0.25, -0.2) is 0 Å². The van der Waals surface area contributed by atoms with Gasteiger partial charge in [-0.05, 0) is 6.07 Å². The van der Waals surface area contributed by atoms with Gasteiger partial charge < -0.3 is 14.8 Å². The molecule has 0 aliphatic carbocycles. The molecule has 1 amide bonds. The van der Waals surface area contributed by atoms with Crippen LogP contribution in [0.5, 0.6) is 0 Å². The van der Waals surface area contributed by atoms with Gasteiger partial charge in [-0.1, -0.05) is 18.2 Å². The van der Waals surface area contributed by atoms with Gasteiger partial charge in [0.05, 0.1) is 6.61 Å². The molecule has 0 radical (unpaired) electrons. The van der Waals surface area contributed by atoms with Gasteiger partial charge in [-0.3, -0.25) is 4.79 Å². The maximum atomic E-state index is 11.6. The second-order valence-corrected chi connectivity index (χ2v) is 3.35. The average Bonchev–Trinajstić information content (AvgIpc) is 2.40. The Balaban J connectivity index is 2.22. The SMILES string of the molecule is O=CCC1OCc2ccccc2NC1=O. The van der Waals surface area contributed by atoms with Crippen molar-refractivity contribution in [1.29, 1.82) is 0 Å². The lowest BCUT2D eigenvalue weighted by Crippen LogP contribution is -2.28. The molecule has 4 heteroatoms. The van der Waals surface area contributed by atoms with E-state index in [-0.39, 0.29) is 12.3 Å². The number of anilines is 1. The summed E-state index contributed by atoms with van der Waals surface area (Å²) in [5.41, 5.74) is 1.69. The lowest BCUT2D eigenvalue weighted by molar-refractivity contribution is -0.130. The van der Waals surface area contributed by atoms with Crippen LogP contribution in [-0.2, 0) is 20.9 Å². The first kappa shape index (κ1) is 9.86. The van der Waals surface area contributed by atoms with Crippen LogP contribution >= 0.6 is 0 Å². The van der Waals surface area contributed by atoms with Crippen LogP contribution in [0.15, 0.2) is 24.3 Å². The van der Waals surface area contributed by atoms with E-state index in [1.807, 2.05) is 24.3 Å². The fraction of sp³-hybridized carbons (Fsp3) is 0.273. The molecular weight excluding hydrogens is 194 g/mol. The normalized spacial score (nSPS) is 20.0. The number of rotatable bonds is 2. The molecule has 1 aliphatic rings. The van der Waals surface area contributed by atoms with Crippen LogP contribution in [0, 0.1) is 0 Å². The Bertz CT molecular complexity index is 389. The van der Waals surface area contributed by atoms with Crippen LogP contribution in [0.25, 0.3) is 0 Å². The van der Waals surface area contributed by atoms with Crippen molar-refractivity contribution in [2.75, 3.05) is 5.32 Å². The van der Waals surface area contributed by atoms with Crippen LogP contribution in [0.2, 0.25) is 0 Å². The van der Waals surface area contributed by atoms with Crippen LogP contribution in [0.1, 0.15) is 12.0 Å². The molecule has 1 heterocycles. The first-order valence-corrected chi connectivity index (χ1v) is 4.75. The fourth-order valence-corrected chi connectivity index (χ4v) is 1.51. The third-order valence-corrected chi connectivity index (χ3v) is 2.32. The second kappa shape index (κ2) is 4.23. The van der Waals surface area contributed by atoms with E-state index in [2.05, 4.69) is 5.32 Å². The molecule has 1 aromatic carbocycles. The number of nitrogens with one attached hydrogen (secondary N) is 1. The number of benzene rings is 1. The molecule has 0 fully saturated rings. The minimum atomic E-state index is -0.671. The van der Waals surface area contributed by atoms with E-state index >= 15 is 0 Å². The van der Waals surface area contributed by atoms with E-state index in [0.29, 0.717) is 12.9 Å². The van der Waals surface area contributed by atoms with Gasteiger partial charge >= 0.3 is 0 Å². The van der Waals surface area contributed by atoms with Crippen molar-refractivity contribution in [1.82, 2.24) is 0 Å². The summed E-state index contributed by atoms with van der Waals surface area (Å²) in [5, 5.41) is 2.73. The minimum absolute atomic E-state index is 0.0970. The number of para-hydroxylation sites is 1. The molecule has 1 aromatic rings. The Kier molecular flexibility index (Phi) is 2.78. The molecular formula is C11H11NO3. The smallest absolute Gasteiger partial charge is 0.253 e. The molecule has 0 saturated heterocycles. The number of hydrogen-bond donors (Lipinski definition) is 1. The lowest BCUT2D eigenvalue weighted by atomic mass is 10.2. The fourth-order valence-electron chi connectivity index (χ4n) is 1.51. The monoisotopic (exact) mass is 205 g/mol. The van der Waals surface area contributed by atoms with Gasteiger partial charge in [0.1, 0.15) is 12.4 Å². The molecule has 4 nitrogen and oxygen atoms in total. The Morgan fingerprint density at radius 1 is 1.47 bits per heavy atom. The summed E-state index contributed by atoms with van der Waals surface area (Å²) < 4.78 is 5.34. The molecule has 78 valence electrons. The maximum absolute atomic E-state index is 11.6. The molecule has 1 unspecified atom stereocenters. The van der Waals surface area contributed by atoms with Gasteiger partial charge in [0.15, 0.2) is 0 Å². The summed E-state index contributed by atoms with van der Waals surface area (Å²) in [4.78, 5) is 21.9. The van der Waals surface area contributed by atoms with Crippen molar-refractivity contribution in [3.05, 3.63) is 29.8 Å². The standard InChI is InChI=1S/C11H11NO3/c13-6-5-10-11(14)12-9-4-2-1-3-8(9)7-15-10/h1-4,6,10H,5,7H2,(H,12,14). The third kappa shape index (κ3) is 2.05. The predicted octanol–water partition coefficient (Wildman–Crippen LogP) is 1.11. The van der Waals surface area contributed by atoms with Crippen molar-refractivity contribution in [2.45, 2.75) is 19.1 Å². The number of aldehydes is 1. The van der Waals surface area contributed by atoms with Gasteiger partial charge in [0.2, 0.25) is 0 Å². The van der Waals surface area contributed by atoms with Crippen molar-refractivity contribution in [2.24, 2.45) is 0 Å².